The van der Waals surface area contributed by atoms with Gasteiger partial charge in [0.2, 0.25) is 0 Å². The third-order valence-electron chi connectivity index (χ3n) is 2.99. The first-order valence-electron chi connectivity index (χ1n) is 6.39. The van der Waals surface area contributed by atoms with Crippen LogP contribution in [0.3, 0.4) is 0 Å². The molecule has 18 heavy (non-hydrogen) atoms. The minimum atomic E-state index is -0.142. The summed E-state index contributed by atoms with van der Waals surface area (Å²) in [5.74, 6) is 5.67. The predicted octanol–water partition coefficient (Wildman–Crippen LogP) is 2.27. The number of rotatable bonds is 8. The van der Waals surface area contributed by atoms with Gasteiger partial charge in [-0.15, -0.1) is 0 Å². The largest absolute Gasteiger partial charge is 0.379 e. The molecule has 1 aromatic heterocycles. The van der Waals surface area contributed by atoms with Gasteiger partial charge in [0.05, 0.1) is 29.1 Å². The summed E-state index contributed by atoms with van der Waals surface area (Å²) in [6.07, 6.45) is 4.59. The summed E-state index contributed by atoms with van der Waals surface area (Å²) >= 11 is 6.22. The number of hydrogen-bond acceptors (Lipinski definition) is 4. The van der Waals surface area contributed by atoms with Crippen molar-refractivity contribution in [2.24, 2.45) is 5.84 Å². The Morgan fingerprint density at radius 1 is 1.50 bits per heavy atom. The van der Waals surface area contributed by atoms with E-state index in [9.17, 15) is 0 Å². The summed E-state index contributed by atoms with van der Waals surface area (Å²) in [5.41, 5.74) is 3.71. The Bertz CT molecular complexity index is 356. The van der Waals surface area contributed by atoms with E-state index in [1.54, 1.807) is 13.3 Å². The highest BCUT2D eigenvalue weighted by molar-refractivity contribution is 6.31. The molecule has 104 valence electrons. The van der Waals surface area contributed by atoms with Gasteiger partial charge in [0.25, 0.3) is 0 Å². The molecule has 0 saturated heterocycles. The van der Waals surface area contributed by atoms with Crippen LogP contribution in [-0.2, 0) is 11.3 Å². The van der Waals surface area contributed by atoms with Gasteiger partial charge >= 0.3 is 0 Å². The van der Waals surface area contributed by atoms with Crippen LogP contribution in [0.5, 0.6) is 0 Å². The molecule has 1 aromatic rings. The summed E-state index contributed by atoms with van der Waals surface area (Å²) in [7, 11) is 1.69. The summed E-state index contributed by atoms with van der Waals surface area (Å²) < 4.78 is 7.41. The maximum absolute atomic E-state index is 6.22. The van der Waals surface area contributed by atoms with Crippen molar-refractivity contribution in [2.75, 3.05) is 7.11 Å². The van der Waals surface area contributed by atoms with Gasteiger partial charge in [0.1, 0.15) is 0 Å². The van der Waals surface area contributed by atoms with Crippen molar-refractivity contribution in [3.05, 3.63) is 16.9 Å². The van der Waals surface area contributed by atoms with Crippen LogP contribution in [0, 0.1) is 0 Å². The lowest BCUT2D eigenvalue weighted by atomic mass is 10.0. The van der Waals surface area contributed by atoms with Crippen molar-refractivity contribution in [1.82, 2.24) is 15.2 Å². The van der Waals surface area contributed by atoms with Crippen LogP contribution in [0.15, 0.2) is 6.20 Å². The molecule has 5 nitrogen and oxygen atoms in total. The summed E-state index contributed by atoms with van der Waals surface area (Å²) in [6.45, 7) is 5.04. The van der Waals surface area contributed by atoms with E-state index in [1.807, 2.05) is 4.68 Å². The molecule has 0 aliphatic heterocycles. The highest BCUT2D eigenvalue weighted by atomic mass is 35.5. The molecule has 3 N–H and O–H groups in total. The van der Waals surface area contributed by atoms with E-state index in [-0.39, 0.29) is 12.1 Å². The van der Waals surface area contributed by atoms with Gasteiger partial charge in [-0.3, -0.25) is 10.5 Å². The van der Waals surface area contributed by atoms with E-state index < -0.39 is 0 Å². The molecule has 0 bridgehead atoms. The molecule has 2 atom stereocenters. The first kappa shape index (κ1) is 15.4. The van der Waals surface area contributed by atoms with Gasteiger partial charge in [-0.05, 0) is 12.8 Å². The first-order valence-corrected chi connectivity index (χ1v) is 6.77. The first-order chi connectivity index (χ1) is 8.69. The Morgan fingerprint density at radius 3 is 2.72 bits per heavy atom. The molecule has 0 radical (unpaired) electrons. The quantitative estimate of drug-likeness (QED) is 0.564. The Hall–Kier alpha value is -0.620. The van der Waals surface area contributed by atoms with E-state index in [4.69, 9.17) is 22.2 Å². The number of hydrazine groups is 1. The van der Waals surface area contributed by atoms with Crippen molar-refractivity contribution < 1.29 is 4.74 Å². The van der Waals surface area contributed by atoms with Gasteiger partial charge in [-0.2, -0.15) is 5.10 Å². The van der Waals surface area contributed by atoms with Crippen LogP contribution < -0.4 is 11.3 Å². The average molecular weight is 275 g/mol. The highest BCUT2D eigenvalue weighted by Crippen LogP contribution is 2.28. The third kappa shape index (κ3) is 3.45. The number of halogens is 1. The number of aryl methyl sites for hydroxylation is 1. The number of methoxy groups -OCH3 is 1. The van der Waals surface area contributed by atoms with Gasteiger partial charge in [0, 0.05) is 13.7 Å². The van der Waals surface area contributed by atoms with Crippen molar-refractivity contribution >= 4 is 11.6 Å². The van der Waals surface area contributed by atoms with Crippen LogP contribution in [0.25, 0.3) is 0 Å². The highest BCUT2D eigenvalue weighted by Gasteiger charge is 2.27. The second-order valence-electron chi connectivity index (χ2n) is 4.31. The minimum Gasteiger partial charge on any atom is -0.379 e. The Morgan fingerprint density at radius 2 is 2.22 bits per heavy atom. The van der Waals surface area contributed by atoms with E-state index in [0.29, 0.717) is 5.02 Å². The predicted molar refractivity (Wildman–Crippen MR) is 73.3 cm³/mol. The zero-order valence-corrected chi connectivity index (χ0v) is 12.1. The Balaban J connectivity index is 3.02. The molecule has 1 heterocycles. The smallest absolute Gasteiger partial charge is 0.0905 e. The molecule has 0 amide bonds. The number of aromatic nitrogens is 2. The maximum atomic E-state index is 6.22. The van der Waals surface area contributed by atoms with Crippen molar-refractivity contribution in [3.63, 3.8) is 0 Å². The molecule has 2 unspecified atom stereocenters. The van der Waals surface area contributed by atoms with Crippen LogP contribution in [0.2, 0.25) is 5.02 Å². The second-order valence-corrected chi connectivity index (χ2v) is 4.72. The topological polar surface area (TPSA) is 65.1 Å². The van der Waals surface area contributed by atoms with Crippen LogP contribution in [0.1, 0.15) is 44.8 Å². The lowest BCUT2D eigenvalue weighted by Crippen LogP contribution is -2.39. The van der Waals surface area contributed by atoms with Crippen LogP contribution in [0.4, 0.5) is 0 Å². The molecule has 0 spiro atoms. The van der Waals surface area contributed by atoms with E-state index in [2.05, 4.69) is 24.4 Å². The van der Waals surface area contributed by atoms with Crippen LogP contribution >= 0.6 is 11.6 Å². The lowest BCUT2D eigenvalue weighted by molar-refractivity contribution is 0.0578. The lowest BCUT2D eigenvalue weighted by Gasteiger charge is -2.26. The molecule has 0 aliphatic rings. The van der Waals surface area contributed by atoms with Gasteiger partial charge in [-0.25, -0.2) is 5.43 Å². The molecule has 0 aliphatic carbocycles. The van der Waals surface area contributed by atoms with Crippen molar-refractivity contribution in [3.8, 4) is 0 Å². The standard InChI is InChI=1S/C12H23ClN4O/c1-4-6-10(18-3)11(16-14)12-9(13)8-15-17(12)7-5-2/h8,10-11,16H,4-7,14H2,1-3H3. The molecular weight excluding hydrogens is 252 g/mol. The summed E-state index contributed by atoms with van der Waals surface area (Å²) in [5, 5.41) is 4.91. The van der Waals surface area contributed by atoms with Crippen LogP contribution in [-0.4, -0.2) is 23.0 Å². The molecule has 0 saturated carbocycles. The minimum absolute atomic E-state index is 0.00944. The third-order valence-corrected chi connectivity index (χ3v) is 3.28. The second kappa shape index (κ2) is 7.74. The van der Waals surface area contributed by atoms with E-state index in [1.165, 1.54) is 0 Å². The molecule has 0 fully saturated rings. The summed E-state index contributed by atoms with van der Waals surface area (Å²) in [6, 6.07) is -0.142. The van der Waals surface area contributed by atoms with Gasteiger partial charge < -0.3 is 4.74 Å². The van der Waals surface area contributed by atoms with E-state index in [0.717, 1.165) is 31.5 Å². The normalized spacial score (nSPS) is 14.7. The van der Waals surface area contributed by atoms with Gasteiger partial charge in [-0.1, -0.05) is 31.9 Å². The fourth-order valence-corrected chi connectivity index (χ4v) is 2.40. The molecule has 0 aromatic carbocycles. The Kier molecular flexibility index (Phi) is 6.63. The fraction of sp³-hybridized carbons (Fsp3) is 0.750. The number of nitrogens with two attached hydrogens (primary N) is 1. The SMILES string of the molecule is CCCC(OC)C(NN)c1c(Cl)cnn1CCC. The summed E-state index contributed by atoms with van der Waals surface area (Å²) in [4.78, 5) is 0. The Labute approximate surface area is 114 Å². The van der Waals surface area contributed by atoms with E-state index >= 15 is 0 Å². The number of nitrogens with one attached hydrogen (secondary N) is 1. The fourth-order valence-electron chi connectivity index (χ4n) is 2.14. The van der Waals surface area contributed by atoms with Gasteiger partial charge in [0.15, 0.2) is 0 Å². The molecule has 6 heteroatoms. The number of nitrogens with zero attached hydrogens (tertiary/aromatic N) is 2. The van der Waals surface area contributed by atoms with Crippen molar-refractivity contribution in [1.29, 1.82) is 0 Å². The number of hydrogen-bond donors (Lipinski definition) is 2. The van der Waals surface area contributed by atoms with Crippen molar-refractivity contribution in [2.45, 2.75) is 51.8 Å². The molecular formula is C12H23ClN4O. The zero-order chi connectivity index (χ0) is 13.5. The number of ether oxygens (including phenoxy) is 1. The maximum Gasteiger partial charge on any atom is 0.0905 e. The zero-order valence-electron chi connectivity index (χ0n) is 11.3. The molecule has 1 rings (SSSR count). The average Bonchev–Trinajstić information content (AvgIpc) is 2.72. The monoisotopic (exact) mass is 274 g/mol.